The minimum absolute atomic E-state index is 0.304. The molecule has 1 aliphatic carbocycles. The van der Waals surface area contributed by atoms with E-state index in [9.17, 15) is 9.18 Å². The van der Waals surface area contributed by atoms with Crippen LogP contribution >= 0.6 is 0 Å². The van der Waals surface area contributed by atoms with E-state index in [0.29, 0.717) is 11.5 Å². The molecule has 4 heteroatoms. The van der Waals surface area contributed by atoms with Crippen molar-refractivity contribution in [2.24, 2.45) is 11.0 Å². The number of benzene rings is 1. The number of nitrogens with one attached hydrogen (secondary N) is 1. The van der Waals surface area contributed by atoms with E-state index in [-0.39, 0.29) is 11.7 Å². The molecule has 1 saturated carbocycles. The van der Waals surface area contributed by atoms with Crippen molar-refractivity contribution < 1.29 is 9.18 Å². The average Bonchev–Trinajstić information content (AvgIpc) is 2.40. The number of hydrogen-bond donors (Lipinski definition) is 1. The topological polar surface area (TPSA) is 41.5 Å². The van der Waals surface area contributed by atoms with Gasteiger partial charge in [-0.3, -0.25) is 4.79 Å². The first-order valence-electron chi connectivity index (χ1n) is 6.35. The molecule has 1 aliphatic rings. The number of hydrogen-bond acceptors (Lipinski definition) is 2. The highest BCUT2D eigenvalue weighted by Crippen LogP contribution is 2.21. The Labute approximate surface area is 106 Å². The van der Waals surface area contributed by atoms with E-state index >= 15 is 0 Å². The number of hydrazone groups is 1. The van der Waals surface area contributed by atoms with E-state index in [1.807, 2.05) is 6.21 Å². The van der Waals surface area contributed by atoms with Crippen molar-refractivity contribution in [1.82, 2.24) is 5.43 Å². The fourth-order valence-corrected chi connectivity index (χ4v) is 2.15. The Bertz CT molecular complexity index is 422. The number of carbonyl (C=O) groups excluding carboxylic acids is 1. The van der Waals surface area contributed by atoms with E-state index < -0.39 is 0 Å². The molecule has 0 aliphatic heterocycles. The van der Waals surface area contributed by atoms with Crippen LogP contribution in [0.25, 0.3) is 0 Å². The zero-order valence-corrected chi connectivity index (χ0v) is 10.2. The molecule has 18 heavy (non-hydrogen) atoms. The van der Waals surface area contributed by atoms with Gasteiger partial charge in [0.15, 0.2) is 0 Å². The van der Waals surface area contributed by atoms with Gasteiger partial charge in [0, 0.05) is 11.8 Å². The molecule has 0 atom stereocenters. The van der Waals surface area contributed by atoms with Gasteiger partial charge in [0.2, 0.25) is 0 Å². The molecule has 1 N–H and O–H groups in total. The first kappa shape index (κ1) is 12.7. The van der Waals surface area contributed by atoms with Crippen LogP contribution in [-0.4, -0.2) is 12.1 Å². The summed E-state index contributed by atoms with van der Waals surface area (Å²) in [5, 5.41) is 3.98. The number of halogens is 1. The highest BCUT2D eigenvalue weighted by molar-refractivity contribution is 5.94. The fraction of sp³-hybridized carbons (Fsp3) is 0.429. The maximum Gasteiger partial charge on any atom is 0.271 e. The summed E-state index contributed by atoms with van der Waals surface area (Å²) in [6.45, 7) is 0. The smallest absolute Gasteiger partial charge is 0.267 e. The monoisotopic (exact) mass is 248 g/mol. The maximum absolute atomic E-state index is 12.7. The van der Waals surface area contributed by atoms with Crippen molar-refractivity contribution in [3.63, 3.8) is 0 Å². The molecule has 0 spiro atoms. The molecule has 1 aromatic rings. The zero-order chi connectivity index (χ0) is 12.8. The van der Waals surface area contributed by atoms with Crippen LogP contribution in [0.1, 0.15) is 42.5 Å². The number of amides is 1. The van der Waals surface area contributed by atoms with Crippen LogP contribution in [0.4, 0.5) is 4.39 Å². The van der Waals surface area contributed by atoms with Crippen LogP contribution in [0.3, 0.4) is 0 Å². The average molecular weight is 248 g/mol. The lowest BCUT2D eigenvalue weighted by Gasteiger charge is -2.16. The first-order chi connectivity index (χ1) is 8.75. The standard InChI is InChI=1S/C14H17FN2O/c15-13-8-6-12(7-9-13)14(18)17-16-10-11-4-2-1-3-5-11/h6-11H,1-5H2,(H,17,18)/b16-10+. The van der Waals surface area contributed by atoms with Gasteiger partial charge in [-0.1, -0.05) is 19.3 Å². The summed E-state index contributed by atoms with van der Waals surface area (Å²) in [5.41, 5.74) is 2.89. The molecule has 0 bridgehead atoms. The highest BCUT2D eigenvalue weighted by Gasteiger charge is 2.11. The van der Waals surface area contributed by atoms with E-state index in [1.54, 1.807) is 0 Å². The SMILES string of the molecule is O=C(N/N=C/C1CCCCC1)c1ccc(F)cc1. The molecule has 0 aromatic heterocycles. The number of rotatable bonds is 3. The van der Waals surface area contributed by atoms with Crippen molar-refractivity contribution in [3.05, 3.63) is 35.6 Å². The van der Waals surface area contributed by atoms with Gasteiger partial charge in [0.05, 0.1) is 0 Å². The van der Waals surface area contributed by atoms with Crippen molar-refractivity contribution >= 4 is 12.1 Å². The van der Waals surface area contributed by atoms with Gasteiger partial charge in [0.1, 0.15) is 5.82 Å². The molecule has 0 saturated heterocycles. The van der Waals surface area contributed by atoms with Crippen molar-refractivity contribution in [1.29, 1.82) is 0 Å². The Morgan fingerprint density at radius 1 is 1.22 bits per heavy atom. The summed E-state index contributed by atoms with van der Waals surface area (Å²) >= 11 is 0. The third kappa shape index (κ3) is 3.65. The van der Waals surface area contributed by atoms with Crippen LogP contribution < -0.4 is 5.43 Å². The van der Waals surface area contributed by atoms with Gasteiger partial charge in [-0.25, -0.2) is 9.82 Å². The second-order valence-electron chi connectivity index (χ2n) is 4.62. The third-order valence-electron chi connectivity index (χ3n) is 3.21. The molecule has 0 heterocycles. The van der Waals surface area contributed by atoms with Gasteiger partial charge in [-0.15, -0.1) is 0 Å². The second kappa shape index (κ2) is 6.28. The molecule has 1 fully saturated rings. The summed E-state index contributed by atoms with van der Waals surface area (Å²) in [6.07, 6.45) is 7.89. The Morgan fingerprint density at radius 3 is 2.56 bits per heavy atom. The van der Waals surface area contributed by atoms with Crippen LogP contribution in [-0.2, 0) is 0 Å². The molecular weight excluding hydrogens is 231 g/mol. The molecule has 1 amide bonds. The number of carbonyl (C=O) groups is 1. The van der Waals surface area contributed by atoms with Crippen LogP contribution in [0.2, 0.25) is 0 Å². The van der Waals surface area contributed by atoms with E-state index in [0.717, 1.165) is 12.8 Å². The summed E-state index contributed by atoms with van der Waals surface area (Å²) in [4.78, 5) is 11.7. The molecular formula is C14H17FN2O. The molecule has 3 nitrogen and oxygen atoms in total. The molecule has 2 rings (SSSR count). The first-order valence-corrected chi connectivity index (χ1v) is 6.35. The summed E-state index contributed by atoms with van der Waals surface area (Å²) < 4.78 is 12.7. The van der Waals surface area contributed by atoms with Crippen molar-refractivity contribution in [2.45, 2.75) is 32.1 Å². The van der Waals surface area contributed by atoms with Gasteiger partial charge in [-0.05, 0) is 43.0 Å². The minimum atomic E-state index is -0.350. The lowest BCUT2D eigenvalue weighted by molar-refractivity contribution is 0.0955. The molecule has 0 unspecified atom stereocenters. The largest absolute Gasteiger partial charge is 0.271 e. The summed E-state index contributed by atoms with van der Waals surface area (Å²) in [6, 6.07) is 5.42. The molecule has 1 aromatic carbocycles. The summed E-state index contributed by atoms with van der Waals surface area (Å²) in [7, 11) is 0. The van der Waals surface area contributed by atoms with Crippen molar-refractivity contribution in [3.8, 4) is 0 Å². The predicted molar refractivity (Wildman–Crippen MR) is 68.9 cm³/mol. The highest BCUT2D eigenvalue weighted by atomic mass is 19.1. The van der Waals surface area contributed by atoms with Crippen LogP contribution in [0.15, 0.2) is 29.4 Å². The zero-order valence-electron chi connectivity index (χ0n) is 10.2. The quantitative estimate of drug-likeness (QED) is 0.648. The second-order valence-corrected chi connectivity index (χ2v) is 4.62. The van der Waals surface area contributed by atoms with Crippen LogP contribution in [0.5, 0.6) is 0 Å². The third-order valence-corrected chi connectivity index (χ3v) is 3.21. The molecule has 96 valence electrons. The van der Waals surface area contributed by atoms with E-state index in [2.05, 4.69) is 10.5 Å². The summed E-state index contributed by atoms with van der Waals surface area (Å²) in [5.74, 6) is -0.174. The van der Waals surface area contributed by atoms with Gasteiger partial charge >= 0.3 is 0 Å². The van der Waals surface area contributed by atoms with E-state index in [4.69, 9.17) is 0 Å². The maximum atomic E-state index is 12.7. The Hall–Kier alpha value is -1.71. The lowest BCUT2D eigenvalue weighted by Crippen LogP contribution is -2.19. The number of nitrogens with zero attached hydrogens (tertiary/aromatic N) is 1. The Morgan fingerprint density at radius 2 is 1.89 bits per heavy atom. The van der Waals surface area contributed by atoms with Gasteiger partial charge in [0.25, 0.3) is 5.91 Å². The minimum Gasteiger partial charge on any atom is -0.267 e. The van der Waals surface area contributed by atoms with Gasteiger partial charge < -0.3 is 0 Å². The Kier molecular flexibility index (Phi) is 4.45. The van der Waals surface area contributed by atoms with E-state index in [1.165, 1.54) is 43.5 Å². The lowest BCUT2D eigenvalue weighted by atomic mass is 9.90. The van der Waals surface area contributed by atoms with Crippen LogP contribution in [0, 0.1) is 11.7 Å². The normalized spacial score (nSPS) is 16.9. The fourth-order valence-electron chi connectivity index (χ4n) is 2.15. The van der Waals surface area contributed by atoms with Gasteiger partial charge in [-0.2, -0.15) is 5.10 Å². The predicted octanol–water partition coefficient (Wildman–Crippen LogP) is 3.12. The Balaban J connectivity index is 1.83. The molecule has 0 radical (unpaired) electrons. The van der Waals surface area contributed by atoms with Crippen molar-refractivity contribution in [2.75, 3.05) is 0 Å².